The summed E-state index contributed by atoms with van der Waals surface area (Å²) >= 11 is 0. The van der Waals surface area contributed by atoms with Crippen LogP contribution in [0.15, 0.2) is 35.9 Å². The molecule has 1 saturated carbocycles. The highest BCUT2D eigenvalue weighted by Gasteiger charge is 2.60. The van der Waals surface area contributed by atoms with Crippen molar-refractivity contribution in [2.24, 2.45) is 17.3 Å². The van der Waals surface area contributed by atoms with E-state index in [0.29, 0.717) is 11.6 Å². The number of carbonyl (C=O) groups is 2. The first-order valence-electron chi connectivity index (χ1n) is 7.80. The van der Waals surface area contributed by atoms with Crippen LogP contribution in [0.4, 0.5) is 16.2 Å². The lowest BCUT2D eigenvalue weighted by Crippen LogP contribution is -2.24. The van der Waals surface area contributed by atoms with Crippen molar-refractivity contribution in [1.82, 2.24) is 5.32 Å². The van der Waals surface area contributed by atoms with E-state index in [4.69, 9.17) is 0 Å². The summed E-state index contributed by atoms with van der Waals surface area (Å²) in [5, 5.41) is 8.13. The van der Waals surface area contributed by atoms with E-state index >= 15 is 0 Å². The predicted octanol–water partition coefficient (Wildman–Crippen LogP) is 3.61. The molecule has 2 unspecified atom stereocenters. The molecule has 3 N–H and O–H groups in total. The van der Waals surface area contributed by atoms with Crippen molar-refractivity contribution in [1.29, 1.82) is 0 Å². The maximum absolute atomic E-state index is 12.5. The first-order chi connectivity index (χ1) is 10.8. The van der Waals surface area contributed by atoms with Crippen LogP contribution >= 0.6 is 0 Å². The van der Waals surface area contributed by atoms with Crippen LogP contribution in [-0.4, -0.2) is 19.0 Å². The summed E-state index contributed by atoms with van der Waals surface area (Å²) in [5.74, 6) is 0.340. The Kier molecular flexibility index (Phi) is 4.78. The van der Waals surface area contributed by atoms with Crippen molar-refractivity contribution in [2.75, 3.05) is 17.7 Å². The van der Waals surface area contributed by atoms with Crippen molar-refractivity contribution >= 4 is 23.3 Å². The van der Waals surface area contributed by atoms with E-state index in [1.807, 2.05) is 0 Å². The summed E-state index contributed by atoms with van der Waals surface area (Å²) in [5.41, 5.74) is 2.65. The van der Waals surface area contributed by atoms with Gasteiger partial charge in [-0.05, 0) is 49.4 Å². The lowest BCUT2D eigenvalue weighted by atomic mass is 10.1. The number of nitrogens with one attached hydrogen (secondary N) is 3. The molecule has 0 bridgehead atoms. The molecule has 23 heavy (non-hydrogen) atoms. The molecule has 5 nitrogen and oxygen atoms in total. The van der Waals surface area contributed by atoms with E-state index in [1.54, 1.807) is 31.3 Å². The molecule has 124 valence electrons. The first-order valence-corrected chi connectivity index (χ1v) is 7.80. The maximum Gasteiger partial charge on any atom is 0.318 e. The smallest absolute Gasteiger partial charge is 0.318 e. The van der Waals surface area contributed by atoms with Crippen molar-refractivity contribution in [3.05, 3.63) is 35.9 Å². The van der Waals surface area contributed by atoms with Crippen LogP contribution in [0.5, 0.6) is 0 Å². The average molecular weight is 315 g/mol. The van der Waals surface area contributed by atoms with Crippen LogP contribution in [0.25, 0.3) is 0 Å². The molecule has 0 spiro atoms. The number of urea groups is 1. The Morgan fingerprint density at radius 2 is 1.57 bits per heavy atom. The molecule has 3 amide bonds. The Morgan fingerprint density at radius 1 is 1.04 bits per heavy atom. The third kappa shape index (κ3) is 3.92. The van der Waals surface area contributed by atoms with Gasteiger partial charge in [-0.1, -0.05) is 25.5 Å². The molecule has 5 heteroatoms. The molecular formula is C18H25N3O2. The van der Waals surface area contributed by atoms with Gasteiger partial charge >= 0.3 is 6.03 Å². The zero-order chi connectivity index (χ0) is 17.2. The quantitative estimate of drug-likeness (QED) is 0.743. The lowest BCUT2D eigenvalue weighted by Gasteiger charge is -2.08. The normalized spacial score (nSPS) is 21.1. The number of benzene rings is 1. The third-order valence-corrected chi connectivity index (χ3v) is 4.34. The number of amides is 3. The van der Waals surface area contributed by atoms with Gasteiger partial charge in [0, 0.05) is 18.4 Å². The number of rotatable bonds is 4. The molecule has 0 saturated heterocycles. The van der Waals surface area contributed by atoms with Crippen LogP contribution in [0.3, 0.4) is 0 Å². The minimum Gasteiger partial charge on any atom is -0.341 e. The van der Waals surface area contributed by atoms with Gasteiger partial charge in [0.1, 0.15) is 0 Å². The molecule has 1 fully saturated rings. The number of hydrogen-bond donors (Lipinski definition) is 3. The second kappa shape index (κ2) is 6.44. The van der Waals surface area contributed by atoms with Gasteiger partial charge in [0.05, 0.1) is 5.92 Å². The van der Waals surface area contributed by atoms with E-state index in [1.165, 1.54) is 5.57 Å². The number of carbonyl (C=O) groups excluding carboxylic acids is 2. The first kappa shape index (κ1) is 17.1. The zero-order valence-corrected chi connectivity index (χ0v) is 14.4. The van der Waals surface area contributed by atoms with Gasteiger partial charge in [0.2, 0.25) is 5.91 Å². The van der Waals surface area contributed by atoms with E-state index in [2.05, 4.69) is 49.7 Å². The molecule has 1 aliphatic carbocycles. The van der Waals surface area contributed by atoms with Crippen LogP contribution in [-0.2, 0) is 4.79 Å². The van der Waals surface area contributed by atoms with Gasteiger partial charge in [-0.25, -0.2) is 4.79 Å². The van der Waals surface area contributed by atoms with Crippen LogP contribution < -0.4 is 16.0 Å². The maximum atomic E-state index is 12.5. The minimum atomic E-state index is -0.272. The number of allylic oxidation sites excluding steroid dienone is 2. The molecule has 0 aromatic heterocycles. The fourth-order valence-corrected chi connectivity index (χ4v) is 2.90. The molecule has 1 aliphatic rings. The van der Waals surface area contributed by atoms with Gasteiger partial charge in [-0.2, -0.15) is 0 Å². The molecule has 1 aromatic carbocycles. The van der Waals surface area contributed by atoms with Crippen LogP contribution in [0.1, 0.15) is 27.7 Å². The summed E-state index contributed by atoms with van der Waals surface area (Å²) in [7, 11) is 1.56. The third-order valence-electron chi connectivity index (χ3n) is 4.34. The fraction of sp³-hybridized carbons (Fsp3) is 0.444. The largest absolute Gasteiger partial charge is 0.341 e. The zero-order valence-electron chi connectivity index (χ0n) is 14.4. The highest BCUT2D eigenvalue weighted by molar-refractivity contribution is 5.96. The van der Waals surface area contributed by atoms with Gasteiger partial charge in [-0.3, -0.25) is 4.79 Å². The molecule has 0 aliphatic heterocycles. The predicted molar refractivity (Wildman–Crippen MR) is 93.3 cm³/mol. The Balaban J connectivity index is 1.99. The molecule has 2 rings (SSSR count). The average Bonchev–Trinajstić information content (AvgIpc) is 3.01. The topological polar surface area (TPSA) is 70.2 Å². The Morgan fingerprint density at radius 3 is 2.04 bits per heavy atom. The SMILES string of the molecule is CNC(=O)Nc1ccc(NC(=O)C2C(C=C(C)C)C2(C)C)cc1. The Hall–Kier alpha value is -2.30. The van der Waals surface area contributed by atoms with Crippen molar-refractivity contribution < 1.29 is 9.59 Å². The molecular weight excluding hydrogens is 290 g/mol. The van der Waals surface area contributed by atoms with E-state index in [-0.39, 0.29) is 23.3 Å². The Bertz CT molecular complexity index is 628. The van der Waals surface area contributed by atoms with Crippen LogP contribution in [0, 0.1) is 17.3 Å². The second-order valence-corrected chi connectivity index (χ2v) is 6.84. The van der Waals surface area contributed by atoms with E-state index in [9.17, 15) is 9.59 Å². The van der Waals surface area contributed by atoms with Gasteiger partial charge in [-0.15, -0.1) is 0 Å². The minimum absolute atomic E-state index is 0.000991. The molecule has 1 aromatic rings. The highest BCUT2D eigenvalue weighted by Crippen LogP contribution is 2.59. The summed E-state index contributed by atoms with van der Waals surface area (Å²) in [6.07, 6.45) is 2.18. The summed E-state index contributed by atoms with van der Waals surface area (Å²) in [4.78, 5) is 23.7. The van der Waals surface area contributed by atoms with Crippen molar-refractivity contribution in [3.63, 3.8) is 0 Å². The van der Waals surface area contributed by atoms with Gasteiger partial charge < -0.3 is 16.0 Å². The second-order valence-electron chi connectivity index (χ2n) is 6.84. The number of hydrogen-bond acceptors (Lipinski definition) is 2. The van der Waals surface area contributed by atoms with Crippen molar-refractivity contribution in [2.45, 2.75) is 27.7 Å². The molecule has 0 heterocycles. The fourth-order valence-electron chi connectivity index (χ4n) is 2.90. The Labute approximate surface area is 137 Å². The lowest BCUT2D eigenvalue weighted by molar-refractivity contribution is -0.118. The standard InChI is InChI=1S/C18H25N3O2/c1-11(2)10-14-15(18(14,3)4)16(22)20-12-6-8-13(9-7-12)21-17(23)19-5/h6-10,14-15H,1-5H3,(H,20,22)(H2,19,21,23). The highest BCUT2D eigenvalue weighted by atomic mass is 16.2. The van der Waals surface area contributed by atoms with Crippen LogP contribution in [0.2, 0.25) is 0 Å². The van der Waals surface area contributed by atoms with E-state index in [0.717, 1.165) is 5.69 Å². The van der Waals surface area contributed by atoms with Crippen molar-refractivity contribution in [3.8, 4) is 0 Å². The van der Waals surface area contributed by atoms with E-state index < -0.39 is 0 Å². The summed E-state index contributed by atoms with van der Waals surface area (Å²) < 4.78 is 0. The molecule has 2 atom stereocenters. The summed E-state index contributed by atoms with van der Waals surface area (Å²) in [6, 6.07) is 6.82. The molecule has 0 radical (unpaired) electrons. The summed E-state index contributed by atoms with van der Waals surface area (Å²) in [6.45, 7) is 8.36. The number of anilines is 2. The monoisotopic (exact) mass is 315 g/mol. The van der Waals surface area contributed by atoms with Gasteiger partial charge in [0.15, 0.2) is 0 Å². The van der Waals surface area contributed by atoms with Gasteiger partial charge in [0.25, 0.3) is 0 Å².